The SMILES string of the molecule is CCOC(=O)[C@@]1(CC)CCCN(C(=O)OC(C)(C)C)C1. The molecular formula is C15H27NO4. The number of likely N-dealkylation sites (tertiary alicyclic amines) is 1. The molecule has 0 bridgehead atoms. The molecule has 1 amide bonds. The van der Waals surface area contributed by atoms with Crippen LogP contribution in [0.1, 0.15) is 53.9 Å². The van der Waals surface area contributed by atoms with Crippen LogP contribution in [0.5, 0.6) is 0 Å². The van der Waals surface area contributed by atoms with E-state index in [9.17, 15) is 9.59 Å². The maximum Gasteiger partial charge on any atom is 0.410 e. The zero-order chi connectivity index (χ0) is 15.4. The van der Waals surface area contributed by atoms with E-state index in [2.05, 4.69) is 0 Å². The van der Waals surface area contributed by atoms with Gasteiger partial charge in [-0.1, -0.05) is 6.92 Å². The van der Waals surface area contributed by atoms with Crippen LogP contribution in [-0.2, 0) is 14.3 Å². The topological polar surface area (TPSA) is 55.8 Å². The maximum atomic E-state index is 12.2. The van der Waals surface area contributed by atoms with Gasteiger partial charge >= 0.3 is 12.1 Å². The Labute approximate surface area is 121 Å². The lowest BCUT2D eigenvalue weighted by molar-refractivity contribution is -0.159. The molecule has 0 unspecified atom stereocenters. The van der Waals surface area contributed by atoms with Gasteiger partial charge in [-0.3, -0.25) is 4.79 Å². The van der Waals surface area contributed by atoms with Gasteiger partial charge in [-0.2, -0.15) is 0 Å². The zero-order valence-corrected chi connectivity index (χ0v) is 13.3. The second kappa shape index (κ2) is 6.46. The lowest BCUT2D eigenvalue weighted by Crippen LogP contribution is -2.51. The Bertz CT molecular complexity index is 361. The third-order valence-electron chi connectivity index (χ3n) is 3.61. The summed E-state index contributed by atoms with van der Waals surface area (Å²) in [4.78, 5) is 26.0. The Kier molecular flexibility index (Phi) is 5.42. The van der Waals surface area contributed by atoms with Crippen LogP contribution < -0.4 is 0 Å². The fraction of sp³-hybridized carbons (Fsp3) is 0.867. The van der Waals surface area contributed by atoms with Crippen LogP contribution in [0.25, 0.3) is 0 Å². The van der Waals surface area contributed by atoms with Crippen molar-refractivity contribution >= 4 is 12.1 Å². The van der Waals surface area contributed by atoms with Gasteiger partial charge in [0.2, 0.25) is 0 Å². The summed E-state index contributed by atoms with van der Waals surface area (Å²) in [5.74, 6) is -0.198. The van der Waals surface area contributed by atoms with Gasteiger partial charge in [-0.15, -0.1) is 0 Å². The third-order valence-corrected chi connectivity index (χ3v) is 3.61. The Morgan fingerprint density at radius 1 is 1.25 bits per heavy atom. The molecule has 0 aromatic heterocycles. The van der Waals surface area contributed by atoms with Crippen LogP contribution in [0.3, 0.4) is 0 Å². The number of hydrogen-bond donors (Lipinski definition) is 0. The van der Waals surface area contributed by atoms with Crippen LogP contribution in [-0.4, -0.2) is 42.3 Å². The van der Waals surface area contributed by atoms with Crippen molar-refractivity contribution in [1.29, 1.82) is 0 Å². The first-order valence-electron chi connectivity index (χ1n) is 7.39. The van der Waals surface area contributed by atoms with E-state index in [0.717, 1.165) is 12.8 Å². The molecule has 1 aliphatic heterocycles. The molecule has 0 aromatic carbocycles. The standard InChI is InChI=1S/C15H27NO4/c1-6-15(12(17)19-7-2)9-8-10-16(11-15)13(18)20-14(3,4)5/h6-11H2,1-5H3/t15-/m0/s1. The summed E-state index contributed by atoms with van der Waals surface area (Å²) in [5.41, 5.74) is -1.10. The fourth-order valence-electron chi connectivity index (χ4n) is 2.50. The van der Waals surface area contributed by atoms with E-state index < -0.39 is 11.0 Å². The lowest BCUT2D eigenvalue weighted by atomic mass is 9.77. The molecule has 5 heteroatoms. The first-order chi connectivity index (χ1) is 9.24. The minimum Gasteiger partial charge on any atom is -0.466 e. The highest BCUT2D eigenvalue weighted by Crippen LogP contribution is 2.35. The average molecular weight is 285 g/mol. The molecule has 0 radical (unpaired) electrons. The molecule has 1 saturated heterocycles. The third kappa shape index (κ3) is 4.12. The van der Waals surface area contributed by atoms with E-state index >= 15 is 0 Å². The van der Waals surface area contributed by atoms with Crippen LogP contribution in [0.2, 0.25) is 0 Å². The molecule has 0 spiro atoms. The highest BCUT2D eigenvalue weighted by atomic mass is 16.6. The average Bonchev–Trinajstić information content (AvgIpc) is 2.37. The molecule has 1 heterocycles. The smallest absolute Gasteiger partial charge is 0.410 e. The Balaban J connectivity index is 2.78. The number of rotatable bonds is 3. The molecule has 0 aromatic rings. The monoisotopic (exact) mass is 285 g/mol. The van der Waals surface area contributed by atoms with Gasteiger partial charge in [0.15, 0.2) is 0 Å². The summed E-state index contributed by atoms with van der Waals surface area (Å²) in [7, 11) is 0. The van der Waals surface area contributed by atoms with Crippen molar-refractivity contribution in [2.75, 3.05) is 19.7 Å². The van der Waals surface area contributed by atoms with E-state index in [0.29, 0.717) is 26.1 Å². The van der Waals surface area contributed by atoms with Crippen molar-refractivity contribution in [2.45, 2.75) is 59.5 Å². The summed E-state index contributed by atoms with van der Waals surface area (Å²) < 4.78 is 10.6. The molecule has 0 saturated carbocycles. The van der Waals surface area contributed by atoms with E-state index in [1.54, 1.807) is 11.8 Å². The summed E-state index contributed by atoms with van der Waals surface area (Å²) in [5, 5.41) is 0. The maximum absolute atomic E-state index is 12.2. The highest BCUT2D eigenvalue weighted by Gasteiger charge is 2.44. The van der Waals surface area contributed by atoms with Crippen molar-refractivity contribution in [3.63, 3.8) is 0 Å². The molecule has 0 N–H and O–H groups in total. The highest BCUT2D eigenvalue weighted by molar-refractivity contribution is 5.78. The number of ether oxygens (including phenoxy) is 2. The first kappa shape index (κ1) is 16.8. The van der Waals surface area contributed by atoms with Crippen LogP contribution in [0, 0.1) is 5.41 Å². The molecule has 1 rings (SSSR count). The summed E-state index contributed by atoms with van der Waals surface area (Å²) >= 11 is 0. The second-order valence-electron chi connectivity index (χ2n) is 6.36. The number of carbonyl (C=O) groups excluding carboxylic acids is 2. The number of carbonyl (C=O) groups is 2. The molecule has 20 heavy (non-hydrogen) atoms. The largest absolute Gasteiger partial charge is 0.466 e. The minimum atomic E-state index is -0.578. The first-order valence-corrected chi connectivity index (χ1v) is 7.39. The summed E-state index contributed by atoms with van der Waals surface area (Å²) in [6.45, 7) is 10.7. The summed E-state index contributed by atoms with van der Waals surface area (Å²) in [6, 6.07) is 0. The lowest BCUT2D eigenvalue weighted by Gasteiger charge is -2.40. The number of nitrogens with zero attached hydrogens (tertiary/aromatic N) is 1. The molecule has 5 nitrogen and oxygen atoms in total. The van der Waals surface area contributed by atoms with Crippen LogP contribution in [0.4, 0.5) is 4.79 Å². The van der Waals surface area contributed by atoms with Crippen LogP contribution >= 0.6 is 0 Å². The number of hydrogen-bond acceptors (Lipinski definition) is 4. The van der Waals surface area contributed by atoms with Gasteiger partial charge < -0.3 is 14.4 Å². The fourth-order valence-corrected chi connectivity index (χ4v) is 2.50. The van der Waals surface area contributed by atoms with Gasteiger partial charge in [0, 0.05) is 13.1 Å². The van der Waals surface area contributed by atoms with E-state index in [-0.39, 0.29) is 12.1 Å². The molecule has 1 aliphatic rings. The minimum absolute atomic E-state index is 0.198. The molecular weight excluding hydrogens is 258 g/mol. The van der Waals surface area contributed by atoms with Crippen LogP contribution in [0.15, 0.2) is 0 Å². The normalized spacial score (nSPS) is 23.4. The molecule has 116 valence electrons. The van der Waals surface area contributed by atoms with E-state index in [1.807, 2.05) is 27.7 Å². The van der Waals surface area contributed by atoms with Crippen molar-refractivity contribution < 1.29 is 19.1 Å². The number of amides is 1. The van der Waals surface area contributed by atoms with E-state index in [1.165, 1.54) is 0 Å². The van der Waals surface area contributed by atoms with Crippen molar-refractivity contribution in [3.8, 4) is 0 Å². The Hall–Kier alpha value is -1.26. The van der Waals surface area contributed by atoms with Gasteiger partial charge in [0.1, 0.15) is 5.60 Å². The predicted octanol–water partition coefficient (Wildman–Crippen LogP) is 2.98. The summed E-state index contributed by atoms with van der Waals surface area (Å²) in [6.07, 6.45) is 1.89. The number of esters is 1. The van der Waals surface area contributed by atoms with Gasteiger partial charge in [0.05, 0.1) is 12.0 Å². The molecule has 1 fully saturated rings. The Morgan fingerprint density at radius 3 is 2.40 bits per heavy atom. The van der Waals surface area contributed by atoms with Crippen molar-refractivity contribution in [3.05, 3.63) is 0 Å². The van der Waals surface area contributed by atoms with Gasteiger partial charge in [-0.25, -0.2) is 4.79 Å². The number of piperidine rings is 1. The zero-order valence-electron chi connectivity index (χ0n) is 13.3. The quantitative estimate of drug-likeness (QED) is 0.748. The van der Waals surface area contributed by atoms with Crippen molar-refractivity contribution in [1.82, 2.24) is 4.90 Å². The Morgan fingerprint density at radius 2 is 1.90 bits per heavy atom. The second-order valence-corrected chi connectivity index (χ2v) is 6.36. The van der Waals surface area contributed by atoms with Crippen molar-refractivity contribution in [2.24, 2.45) is 5.41 Å². The predicted molar refractivity (Wildman–Crippen MR) is 76.4 cm³/mol. The van der Waals surface area contributed by atoms with Gasteiger partial charge in [-0.05, 0) is 47.0 Å². The van der Waals surface area contributed by atoms with Gasteiger partial charge in [0.25, 0.3) is 0 Å². The molecule has 0 aliphatic carbocycles. The van der Waals surface area contributed by atoms with E-state index in [4.69, 9.17) is 9.47 Å². The molecule has 1 atom stereocenters.